The molecule has 7 nitrogen and oxygen atoms in total. The number of nitrogens with zero attached hydrogens (tertiary/aromatic N) is 1. The van der Waals surface area contributed by atoms with Gasteiger partial charge in [0.2, 0.25) is 5.91 Å². The number of likely N-dealkylation sites (tertiary alicyclic amines) is 1. The van der Waals surface area contributed by atoms with Crippen molar-refractivity contribution in [3.8, 4) is 0 Å². The van der Waals surface area contributed by atoms with Crippen LogP contribution in [0.4, 0.5) is 4.79 Å². The number of carboxylic acid groups (broad SMARTS) is 1. The van der Waals surface area contributed by atoms with Crippen molar-refractivity contribution in [3.05, 3.63) is 0 Å². The zero-order chi connectivity index (χ0) is 15.3. The van der Waals surface area contributed by atoms with Gasteiger partial charge in [0.25, 0.3) is 0 Å². The number of ether oxygens (including phenoxy) is 1. The maximum atomic E-state index is 12.0. The van der Waals surface area contributed by atoms with Crippen molar-refractivity contribution in [2.75, 3.05) is 13.1 Å². The molecular weight excluding hydrogens is 264 g/mol. The molecule has 2 N–H and O–H groups in total. The van der Waals surface area contributed by atoms with Gasteiger partial charge in [0.05, 0.1) is 6.42 Å². The van der Waals surface area contributed by atoms with Crippen molar-refractivity contribution >= 4 is 18.0 Å². The average molecular weight is 286 g/mol. The molecule has 0 bridgehead atoms. The summed E-state index contributed by atoms with van der Waals surface area (Å²) in [5, 5.41) is 11.1. The lowest BCUT2D eigenvalue weighted by atomic mass is 10.2. The van der Waals surface area contributed by atoms with Crippen LogP contribution in [0.2, 0.25) is 0 Å². The first-order chi connectivity index (χ1) is 9.20. The molecule has 0 unspecified atom stereocenters. The number of rotatable bonds is 4. The highest BCUT2D eigenvalue weighted by atomic mass is 16.6. The summed E-state index contributed by atoms with van der Waals surface area (Å²) in [5.41, 5.74) is -0.607. The number of amides is 2. The SMILES string of the molecule is CC(C)(C)OC(=O)N1CCC[C@H]1C(=O)NCCC(=O)O. The maximum absolute atomic E-state index is 12.0. The van der Waals surface area contributed by atoms with Crippen LogP contribution in [0.15, 0.2) is 0 Å². The summed E-state index contributed by atoms with van der Waals surface area (Å²) < 4.78 is 5.26. The van der Waals surface area contributed by atoms with E-state index in [1.54, 1.807) is 20.8 Å². The second-order valence-corrected chi connectivity index (χ2v) is 5.77. The molecule has 1 rings (SSSR count). The van der Waals surface area contributed by atoms with Gasteiger partial charge in [-0.25, -0.2) is 4.79 Å². The third-order valence-electron chi connectivity index (χ3n) is 2.82. The van der Waals surface area contributed by atoms with E-state index in [9.17, 15) is 14.4 Å². The van der Waals surface area contributed by atoms with Crippen LogP contribution in [-0.4, -0.2) is 52.7 Å². The molecule has 1 saturated heterocycles. The Balaban J connectivity index is 2.53. The number of hydrogen-bond donors (Lipinski definition) is 2. The minimum absolute atomic E-state index is 0.0623. The molecule has 1 aliphatic heterocycles. The lowest BCUT2D eigenvalue weighted by molar-refractivity contribution is -0.137. The van der Waals surface area contributed by atoms with E-state index in [0.717, 1.165) is 6.42 Å². The van der Waals surface area contributed by atoms with Crippen LogP contribution in [-0.2, 0) is 14.3 Å². The molecule has 0 aliphatic carbocycles. The highest BCUT2D eigenvalue weighted by Crippen LogP contribution is 2.20. The van der Waals surface area contributed by atoms with Gasteiger partial charge in [-0.2, -0.15) is 0 Å². The minimum atomic E-state index is -0.972. The van der Waals surface area contributed by atoms with Gasteiger partial charge in [-0.15, -0.1) is 0 Å². The van der Waals surface area contributed by atoms with Gasteiger partial charge in [0.15, 0.2) is 0 Å². The smallest absolute Gasteiger partial charge is 0.410 e. The number of carbonyl (C=O) groups is 3. The molecule has 0 radical (unpaired) electrons. The van der Waals surface area contributed by atoms with Gasteiger partial charge in [-0.05, 0) is 33.6 Å². The number of carboxylic acids is 1. The Morgan fingerprint density at radius 1 is 1.35 bits per heavy atom. The van der Waals surface area contributed by atoms with E-state index in [4.69, 9.17) is 9.84 Å². The van der Waals surface area contributed by atoms with E-state index in [-0.39, 0.29) is 18.9 Å². The summed E-state index contributed by atoms with van der Waals surface area (Å²) in [6.07, 6.45) is 0.660. The van der Waals surface area contributed by atoms with Crippen molar-refractivity contribution in [2.45, 2.75) is 51.7 Å². The topological polar surface area (TPSA) is 95.9 Å². The molecule has 20 heavy (non-hydrogen) atoms. The summed E-state index contributed by atoms with van der Waals surface area (Å²) in [4.78, 5) is 35.7. The first-order valence-corrected chi connectivity index (χ1v) is 6.70. The minimum Gasteiger partial charge on any atom is -0.481 e. The summed E-state index contributed by atoms with van der Waals surface area (Å²) >= 11 is 0. The van der Waals surface area contributed by atoms with Crippen LogP contribution < -0.4 is 5.32 Å². The van der Waals surface area contributed by atoms with E-state index in [0.29, 0.717) is 13.0 Å². The number of hydrogen-bond acceptors (Lipinski definition) is 4. The zero-order valence-corrected chi connectivity index (χ0v) is 12.1. The van der Waals surface area contributed by atoms with E-state index in [1.165, 1.54) is 4.90 Å². The molecule has 0 aromatic heterocycles. The molecule has 0 spiro atoms. The number of nitrogens with one attached hydrogen (secondary N) is 1. The molecule has 0 aromatic rings. The molecule has 0 aromatic carbocycles. The molecule has 1 heterocycles. The van der Waals surface area contributed by atoms with Crippen molar-refractivity contribution in [1.82, 2.24) is 10.2 Å². The lowest BCUT2D eigenvalue weighted by Crippen LogP contribution is -2.47. The van der Waals surface area contributed by atoms with E-state index >= 15 is 0 Å². The summed E-state index contributed by atoms with van der Waals surface area (Å²) in [6.45, 7) is 5.84. The van der Waals surface area contributed by atoms with Crippen molar-refractivity contribution in [2.24, 2.45) is 0 Å². The zero-order valence-electron chi connectivity index (χ0n) is 12.1. The van der Waals surface area contributed by atoms with Crippen LogP contribution in [0, 0.1) is 0 Å². The fourth-order valence-corrected chi connectivity index (χ4v) is 1.99. The third-order valence-corrected chi connectivity index (χ3v) is 2.82. The van der Waals surface area contributed by atoms with Crippen molar-refractivity contribution in [3.63, 3.8) is 0 Å². The predicted octanol–water partition coefficient (Wildman–Crippen LogP) is 0.977. The molecule has 114 valence electrons. The van der Waals surface area contributed by atoms with Crippen LogP contribution in [0.3, 0.4) is 0 Å². The summed E-state index contributed by atoms with van der Waals surface area (Å²) in [5.74, 6) is -1.30. The monoisotopic (exact) mass is 286 g/mol. The molecule has 1 aliphatic rings. The summed E-state index contributed by atoms with van der Waals surface area (Å²) in [6, 6.07) is -0.571. The summed E-state index contributed by atoms with van der Waals surface area (Å²) in [7, 11) is 0. The first kappa shape index (κ1) is 16.3. The van der Waals surface area contributed by atoms with Gasteiger partial charge >= 0.3 is 12.1 Å². The van der Waals surface area contributed by atoms with E-state index in [2.05, 4.69) is 5.32 Å². The Morgan fingerprint density at radius 3 is 2.55 bits per heavy atom. The second kappa shape index (κ2) is 6.58. The van der Waals surface area contributed by atoms with Crippen LogP contribution in [0.25, 0.3) is 0 Å². The Morgan fingerprint density at radius 2 is 2.00 bits per heavy atom. The molecule has 2 amide bonds. The largest absolute Gasteiger partial charge is 0.481 e. The quantitative estimate of drug-likeness (QED) is 0.803. The number of aliphatic carboxylic acids is 1. The standard InChI is InChI=1S/C13H22N2O5/c1-13(2,3)20-12(19)15-8-4-5-9(15)11(18)14-7-6-10(16)17/h9H,4-8H2,1-3H3,(H,14,18)(H,16,17)/t9-/m0/s1. The Kier molecular flexibility index (Phi) is 5.35. The van der Waals surface area contributed by atoms with Gasteiger partial charge in [-0.1, -0.05) is 0 Å². The average Bonchev–Trinajstić information content (AvgIpc) is 2.74. The molecule has 0 saturated carbocycles. The fourth-order valence-electron chi connectivity index (χ4n) is 1.99. The molecule has 1 atom stereocenters. The van der Waals surface area contributed by atoms with Crippen molar-refractivity contribution in [1.29, 1.82) is 0 Å². The molecule has 1 fully saturated rings. The van der Waals surface area contributed by atoms with Crippen LogP contribution >= 0.6 is 0 Å². The number of carbonyl (C=O) groups excluding carboxylic acids is 2. The van der Waals surface area contributed by atoms with Gasteiger partial charge < -0.3 is 15.2 Å². The molecular formula is C13H22N2O5. The Bertz CT molecular complexity index is 389. The maximum Gasteiger partial charge on any atom is 0.410 e. The van der Waals surface area contributed by atoms with Crippen LogP contribution in [0.5, 0.6) is 0 Å². The van der Waals surface area contributed by atoms with Gasteiger partial charge in [0.1, 0.15) is 11.6 Å². The van der Waals surface area contributed by atoms with Crippen molar-refractivity contribution < 1.29 is 24.2 Å². The highest BCUT2D eigenvalue weighted by Gasteiger charge is 2.36. The highest BCUT2D eigenvalue weighted by molar-refractivity contribution is 5.86. The fraction of sp³-hybridized carbons (Fsp3) is 0.769. The molecule has 7 heteroatoms. The third kappa shape index (κ3) is 5.07. The first-order valence-electron chi connectivity index (χ1n) is 6.70. The Hall–Kier alpha value is -1.79. The Labute approximate surface area is 118 Å². The van der Waals surface area contributed by atoms with Gasteiger partial charge in [0, 0.05) is 13.1 Å². The normalized spacial score (nSPS) is 18.8. The second-order valence-electron chi connectivity index (χ2n) is 5.77. The van der Waals surface area contributed by atoms with Crippen LogP contribution in [0.1, 0.15) is 40.0 Å². The lowest BCUT2D eigenvalue weighted by Gasteiger charge is -2.28. The van der Waals surface area contributed by atoms with E-state index < -0.39 is 23.7 Å². The van der Waals surface area contributed by atoms with E-state index in [1.807, 2.05) is 0 Å². The predicted molar refractivity (Wildman–Crippen MR) is 71.2 cm³/mol. The van der Waals surface area contributed by atoms with Gasteiger partial charge in [-0.3, -0.25) is 14.5 Å².